The third-order valence-electron chi connectivity index (χ3n) is 4.22. The van der Waals surface area contributed by atoms with Crippen LogP contribution in [0.1, 0.15) is 32.3 Å². The van der Waals surface area contributed by atoms with Gasteiger partial charge in [0.2, 0.25) is 0 Å². The van der Waals surface area contributed by atoms with Gasteiger partial charge in [0.05, 0.1) is 18.1 Å². The Labute approximate surface area is 152 Å². The highest BCUT2D eigenvalue weighted by atomic mass is 32.2. The summed E-state index contributed by atoms with van der Waals surface area (Å²) in [6, 6.07) is 6.97. The summed E-state index contributed by atoms with van der Waals surface area (Å²) in [5.41, 5.74) is 1.99. The van der Waals surface area contributed by atoms with Gasteiger partial charge in [-0.25, -0.2) is 9.00 Å². The van der Waals surface area contributed by atoms with Crippen LogP contribution in [0.15, 0.2) is 41.4 Å². The Kier molecular flexibility index (Phi) is 6.79. The minimum absolute atomic E-state index is 0.308. The van der Waals surface area contributed by atoms with Crippen molar-refractivity contribution in [2.75, 3.05) is 13.7 Å². The van der Waals surface area contributed by atoms with Crippen molar-refractivity contribution in [1.82, 2.24) is 4.90 Å². The van der Waals surface area contributed by atoms with Crippen molar-refractivity contribution < 1.29 is 17.9 Å². The fourth-order valence-electron chi connectivity index (χ4n) is 2.99. The fraction of sp³-hybridized carbons (Fsp3) is 0.526. The summed E-state index contributed by atoms with van der Waals surface area (Å²) < 4.78 is 23.1. The molecule has 5 nitrogen and oxygen atoms in total. The second-order valence-corrected chi connectivity index (χ2v) is 7.99. The standard InChI is InChI=1S/C19H27NO4S/c1-13(2)10-15(4)20-12-16(11-18(20)19(21)23-5)24-25(22)17-8-6-14(3)7-9-17/h6-9,13,16,18H,4,10-12H2,1-3,5H3/t16-,18?,25?/m1/s1. The van der Waals surface area contributed by atoms with Gasteiger partial charge in [-0.1, -0.05) is 38.1 Å². The monoisotopic (exact) mass is 365 g/mol. The van der Waals surface area contributed by atoms with Crippen molar-refractivity contribution in [2.45, 2.75) is 50.7 Å². The van der Waals surface area contributed by atoms with E-state index >= 15 is 0 Å². The van der Waals surface area contributed by atoms with E-state index in [1.54, 1.807) is 12.1 Å². The van der Waals surface area contributed by atoms with Crippen molar-refractivity contribution in [2.24, 2.45) is 5.92 Å². The van der Waals surface area contributed by atoms with Crippen molar-refractivity contribution in [3.63, 3.8) is 0 Å². The number of hydrogen-bond acceptors (Lipinski definition) is 5. The molecule has 0 aromatic heterocycles. The topological polar surface area (TPSA) is 55.8 Å². The van der Waals surface area contributed by atoms with Crippen molar-refractivity contribution >= 4 is 17.0 Å². The number of esters is 1. The van der Waals surface area contributed by atoms with Gasteiger partial charge in [0.1, 0.15) is 6.04 Å². The van der Waals surface area contributed by atoms with Gasteiger partial charge in [0.15, 0.2) is 11.1 Å². The molecule has 1 aromatic carbocycles. The number of nitrogens with zero attached hydrogens (tertiary/aromatic N) is 1. The van der Waals surface area contributed by atoms with Crippen LogP contribution in [0.2, 0.25) is 0 Å². The third kappa shape index (κ3) is 5.16. The molecule has 0 radical (unpaired) electrons. The molecule has 1 aliphatic rings. The van der Waals surface area contributed by atoms with Crippen molar-refractivity contribution in [3.8, 4) is 0 Å². The first-order valence-electron chi connectivity index (χ1n) is 8.49. The molecule has 0 bridgehead atoms. The molecule has 1 heterocycles. The summed E-state index contributed by atoms with van der Waals surface area (Å²) in [5.74, 6) is 0.129. The molecule has 6 heteroatoms. The average molecular weight is 365 g/mol. The summed E-state index contributed by atoms with van der Waals surface area (Å²) in [7, 11) is 1.38. The number of hydrogen-bond donors (Lipinski definition) is 0. The zero-order valence-electron chi connectivity index (χ0n) is 15.4. The van der Waals surface area contributed by atoms with Crippen LogP contribution >= 0.6 is 0 Å². The van der Waals surface area contributed by atoms with Crippen molar-refractivity contribution in [1.29, 1.82) is 0 Å². The molecule has 0 spiro atoms. The fourth-order valence-corrected chi connectivity index (χ4v) is 3.85. The maximum Gasteiger partial charge on any atom is 0.328 e. The largest absolute Gasteiger partial charge is 0.467 e. The van der Waals surface area contributed by atoms with Gasteiger partial charge in [-0.2, -0.15) is 0 Å². The number of aryl methyl sites for hydroxylation is 1. The molecule has 138 valence electrons. The van der Waals surface area contributed by atoms with Gasteiger partial charge in [0.25, 0.3) is 0 Å². The van der Waals surface area contributed by atoms with Crippen LogP contribution in [0.4, 0.5) is 0 Å². The molecule has 1 saturated heterocycles. The maximum absolute atomic E-state index is 12.4. The van der Waals surface area contributed by atoms with Gasteiger partial charge in [0, 0.05) is 18.7 Å². The van der Waals surface area contributed by atoms with Gasteiger partial charge >= 0.3 is 5.97 Å². The molecule has 0 N–H and O–H groups in total. The first-order valence-corrected chi connectivity index (χ1v) is 9.57. The second-order valence-electron chi connectivity index (χ2n) is 6.86. The average Bonchev–Trinajstić information content (AvgIpc) is 2.98. The number of likely N-dealkylation sites (tertiary alicyclic amines) is 1. The summed E-state index contributed by atoms with van der Waals surface area (Å²) in [6.45, 7) is 10.8. The number of benzene rings is 1. The first kappa shape index (κ1) is 19.7. The van der Waals surface area contributed by atoms with Gasteiger partial charge in [-0.3, -0.25) is 4.18 Å². The van der Waals surface area contributed by atoms with Crippen LogP contribution in [0, 0.1) is 12.8 Å². The molecule has 0 aliphatic carbocycles. The number of carbonyl (C=O) groups excluding carboxylic acids is 1. The molecule has 1 fully saturated rings. The predicted molar refractivity (Wildman–Crippen MR) is 98.2 cm³/mol. The normalized spacial score (nSPS) is 21.4. The summed E-state index contributed by atoms with van der Waals surface area (Å²) in [6.07, 6.45) is 0.929. The number of carbonyl (C=O) groups is 1. The molecular weight excluding hydrogens is 338 g/mol. The van der Waals surface area contributed by atoms with E-state index in [2.05, 4.69) is 20.4 Å². The first-order chi connectivity index (χ1) is 11.8. The van der Waals surface area contributed by atoms with E-state index in [4.69, 9.17) is 8.92 Å². The van der Waals surface area contributed by atoms with Gasteiger partial charge in [-0.15, -0.1) is 0 Å². The van der Waals surface area contributed by atoms with Crippen molar-refractivity contribution in [3.05, 3.63) is 42.1 Å². The molecule has 25 heavy (non-hydrogen) atoms. The molecule has 3 atom stereocenters. The maximum atomic E-state index is 12.4. The highest BCUT2D eigenvalue weighted by molar-refractivity contribution is 7.80. The highest BCUT2D eigenvalue weighted by Gasteiger charge is 2.39. The molecule has 2 unspecified atom stereocenters. The van der Waals surface area contributed by atoms with E-state index in [0.717, 1.165) is 17.7 Å². The lowest BCUT2D eigenvalue weighted by atomic mass is 10.1. The molecular formula is C19H27NO4S. The smallest absolute Gasteiger partial charge is 0.328 e. The summed E-state index contributed by atoms with van der Waals surface area (Å²) >= 11 is -1.56. The Bertz CT molecular complexity index is 641. The number of rotatable bonds is 7. The zero-order chi connectivity index (χ0) is 18.6. The van der Waals surface area contributed by atoms with E-state index in [9.17, 15) is 9.00 Å². The molecule has 1 aliphatic heterocycles. The minimum Gasteiger partial charge on any atom is -0.467 e. The van der Waals surface area contributed by atoms with Crippen LogP contribution in [-0.2, 0) is 24.8 Å². The van der Waals surface area contributed by atoms with Crippen LogP contribution in [0.25, 0.3) is 0 Å². The second kappa shape index (κ2) is 8.63. The Balaban J connectivity index is 2.07. The summed E-state index contributed by atoms with van der Waals surface area (Å²) in [4.78, 5) is 14.7. The molecule has 0 saturated carbocycles. The van der Waals surface area contributed by atoms with Gasteiger partial charge < -0.3 is 9.64 Å². The Hall–Kier alpha value is -1.66. The van der Waals surface area contributed by atoms with Gasteiger partial charge in [-0.05, 0) is 31.4 Å². The molecule has 0 amide bonds. The molecule has 1 aromatic rings. The van der Waals surface area contributed by atoms with Crippen LogP contribution in [0.3, 0.4) is 0 Å². The van der Waals surface area contributed by atoms with Crippen LogP contribution in [0.5, 0.6) is 0 Å². The van der Waals surface area contributed by atoms with E-state index in [0.29, 0.717) is 23.8 Å². The number of allylic oxidation sites excluding steroid dienone is 1. The highest BCUT2D eigenvalue weighted by Crippen LogP contribution is 2.29. The lowest BCUT2D eigenvalue weighted by molar-refractivity contribution is -0.145. The van der Waals surface area contributed by atoms with Crippen LogP contribution < -0.4 is 0 Å². The number of ether oxygens (including phenoxy) is 1. The van der Waals surface area contributed by atoms with E-state index in [-0.39, 0.29) is 12.1 Å². The SMILES string of the molecule is C=C(CC(C)C)N1C[C@H](OS(=O)c2ccc(C)cc2)CC1C(=O)OC. The Morgan fingerprint density at radius 2 is 2.00 bits per heavy atom. The molecule has 2 rings (SSSR count). The lowest BCUT2D eigenvalue weighted by Crippen LogP contribution is -2.36. The quantitative estimate of drug-likeness (QED) is 0.695. The minimum atomic E-state index is -1.56. The zero-order valence-corrected chi connectivity index (χ0v) is 16.2. The Morgan fingerprint density at radius 1 is 1.36 bits per heavy atom. The Morgan fingerprint density at radius 3 is 2.56 bits per heavy atom. The number of methoxy groups -OCH3 is 1. The third-order valence-corrected chi connectivity index (χ3v) is 5.33. The van der Waals surface area contributed by atoms with E-state index in [1.165, 1.54) is 7.11 Å². The van der Waals surface area contributed by atoms with Crippen LogP contribution in [-0.4, -0.2) is 40.9 Å². The predicted octanol–water partition coefficient (Wildman–Crippen LogP) is 3.21. The van der Waals surface area contributed by atoms with E-state index < -0.39 is 17.1 Å². The van der Waals surface area contributed by atoms with E-state index in [1.807, 2.05) is 24.0 Å². The summed E-state index contributed by atoms with van der Waals surface area (Å²) in [5, 5.41) is 0. The lowest BCUT2D eigenvalue weighted by Gasteiger charge is -2.27.